The van der Waals surface area contributed by atoms with E-state index >= 15 is 0 Å². The Morgan fingerprint density at radius 2 is 1.70 bits per heavy atom. The molecule has 1 N–H and O–H groups in total. The van der Waals surface area contributed by atoms with Crippen molar-refractivity contribution in [3.8, 4) is 0 Å². The van der Waals surface area contributed by atoms with Crippen LogP contribution in [-0.2, 0) is 0 Å². The van der Waals surface area contributed by atoms with Gasteiger partial charge in [0.25, 0.3) is 5.56 Å². The van der Waals surface area contributed by atoms with Crippen molar-refractivity contribution in [1.29, 1.82) is 0 Å². The van der Waals surface area contributed by atoms with E-state index in [0.29, 0.717) is 5.92 Å². The fourth-order valence-electron chi connectivity index (χ4n) is 2.69. The average molecular weight is 314 g/mol. The van der Waals surface area contributed by atoms with Crippen molar-refractivity contribution in [2.45, 2.75) is 26.7 Å². The van der Waals surface area contributed by atoms with Gasteiger partial charge in [0.2, 0.25) is 0 Å². The van der Waals surface area contributed by atoms with Crippen LogP contribution >= 0.6 is 0 Å². The molecule has 3 heterocycles. The lowest BCUT2D eigenvalue weighted by atomic mass is 10.2. The molecule has 2 aromatic rings. The van der Waals surface area contributed by atoms with E-state index in [-0.39, 0.29) is 5.56 Å². The van der Waals surface area contributed by atoms with Crippen molar-refractivity contribution in [3.63, 3.8) is 0 Å². The third kappa shape index (κ3) is 3.49. The van der Waals surface area contributed by atoms with Crippen LogP contribution in [0.25, 0.3) is 0 Å². The largest absolute Gasteiger partial charge is 0.353 e. The minimum atomic E-state index is -0.120. The zero-order valence-corrected chi connectivity index (χ0v) is 13.8. The summed E-state index contributed by atoms with van der Waals surface area (Å²) in [6, 6.07) is 3.58. The Morgan fingerprint density at radius 1 is 1.04 bits per heavy atom. The normalized spacial score (nSPS) is 15.3. The molecule has 1 saturated heterocycles. The zero-order chi connectivity index (χ0) is 16.4. The number of nitrogens with one attached hydrogen (secondary N) is 1. The number of anilines is 2. The van der Waals surface area contributed by atoms with Crippen molar-refractivity contribution in [1.82, 2.24) is 19.9 Å². The van der Waals surface area contributed by atoms with Gasteiger partial charge in [0, 0.05) is 49.9 Å². The number of H-pyrrole nitrogens is 1. The summed E-state index contributed by atoms with van der Waals surface area (Å²) in [5.74, 6) is 2.92. The Morgan fingerprint density at radius 3 is 2.30 bits per heavy atom. The molecule has 0 saturated carbocycles. The molecule has 7 nitrogen and oxygen atoms in total. The van der Waals surface area contributed by atoms with E-state index in [1.807, 2.05) is 13.0 Å². The highest BCUT2D eigenvalue weighted by molar-refractivity contribution is 5.45. The first-order valence-electron chi connectivity index (χ1n) is 7.93. The first-order valence-corrected chi connectivity index (χ1v) is 7.93. The minimum absolute atomic E-state index is 0.120. The van der Waals surface area contributed by atoms with E-state index in [1.165, 1.54) is 6.33 Å². The molecule has 0 aromatic carbocycles. The number of aromatic nitrogens is 4. The lowest BCUT2D eigenvalue weighted by molar-refractivity contribution is 0.634. The van der Waals surface area contributed by atoms with Crippen LogP contribution in [0.4, 0.5) is 11.6 Å². The van der Waals surface area contributed by atoms with Gasteiger partial charge in [-0.15, -0.1) is 0 Å². The van der Waals surface area contributed by atoms with Crippen molar-refractivity contribution in [2.75, 3.05) is 36.0 Å². The molecule has 3 rings (SSSR count). The second-order valence-electron chi connectivity index (χ2n) is 6.12. The fraction of sp³-hybridized carbons (Fsp3) is 0.500. The third-order valence-corrected chi connectivity index (χ3v) is 3.97. The van der Waals surface area contributed by atoms with E-state index in [4.69, 9.17) is 4.98 Å². The lowest BCUT2D eigenvalue weighted by Crippen LogP contribution is -2.47. The van der Waals surface area contributed by atoms with Crippen LogP contribution in [0.5, 0.6) is 0 Å². The highest BCUT2D eigenvalue weighted by Gasteiger charge is 2.20. The summed E-state index contributed by atoms with van der Waals surface area (Å²) in [6.07, 6.45) is 1.45. The number of hydrogen-bond donors (Lipinski definition) is 1. The molecule has 0 atom stereocenters. The molecule has 0 amide bonds. The van der Waals surface area contributed by atoms with Gasteiger partial charge in [0.1, 0.15) is 17.5 Å². The molecular formula is C16H22N6O. The van der Waals surface area contributed by atoms with Crippen LogP contribution in [0.3, 0.4) is 0 Å². The Kier molecular flexibility index (Phi) is 4.27. The van der Waals surface area contributed by atoms with Crippen molar-refractivity contribution >= 4 is 11.6 Å². The molecule has 0 unspecified atom stereocenters. The number of aryl methyl sites for hydroxylation is 1. The molecule has 0 aliphatic carbocycles. The van der Waals surface area contributed by atoms with Gasteiger partial charge < -0.3 is 14.8 Å². The van der Waals surface area contributed by atoms with Gasteiger partial charge in [-0.05, 0) is 6.92 Å². The topological polar surface area (TPSA) is 78.0 Å². The average Bonchev–Trinajstić information content (AvgIpc) is 2.54. The summed E-state index contributed by atoms with van der Waals surface area (Å²) < 4.78 is 0. The highest BCUT2D eigenvalue weighted by Crippen LogP contribution is 2.19. The van der Waals surface area contributed by atoms with E-state index in [9.17, 15) is 4.79 Å². The van der Waals surface area contributed by atoms with Gasteiger partial charge >= 0.3 is 0 Å². The quantitative estimate of drug-likeness (QED) is 0.920. The van der Waals surface area contributed by atoms with Gasteiger partial charge in [-0.3, -0.25) is 4.79 Å². The summed E-state index contributed by atoms with van der Waals surface area (Å²) in [5, 5.41) is 0. The summed E-state index contributed by atoms with van der Waals surface area (Å²) >= 11 is 0. The SMILES string of the molecule is Cc1cc(N2CCN(c3cc(=O)[nH]cn3)CC2)nc(C(C)C)n1. The molecule has 122 valence electrons. The standard InChI is InChI=1S/C16H22N6O/c1-11(2)16-19-12(3)8-14(20-16)22-6-4-21(5-7-22)13-9-15(23)18-10-17-13/h8-11H,4-7H2,1-3H3,(H,17,18,23). The van der Waals surface area contributed by atoms with Crippen LogP contribution in [0.15, 0.2) is 23.3 Å². The summed E-state index contributed by atoms with van der Waals surface area (Å²) in [6.45, 7) is 9.55. The van der Waals surface area contributed by atoms with Gasteiger partial charge in [0.05, 0.1) is 6.33 Å². The van der Waals surface area contributed by atoms with Crippen LogP contribution in [0, 0.1) is 6.92 Å². The van der Waals surface area contributed by atoms with Gasteiger partial charge in [-0.2, -0.15) is 0 Å². The van der Waals surface area contributed by atoms with E-state index in [2.05, 4.69) is 38.6 Å². The Labute approximate surface area is 135 Å². The zero-order valence-electron chi connectivity index (χ0n) is 13.8. The number of hydrogen-bond acceptors (Lipinski definition) is 6. The number of nitrogens with zero attached hydrogens (tertiary/aromatic N) is 5. The molecule has 0 spiro atoms. The molecule has 0 bridgehead atoms. The molecule has 1 aliphatic rings. The molecule has 2 aromatic heterocycles. The van der Waals surface area contributed by atoms with Crippen molar-refractivity contribution in [3.05, 3.63) is 40.3 Å². The molecule has 0 radical (unpaired) electrons. The molecule has 7 heteroatoms. The van der Waals surface area contributed by atoms with Crippen LogP contribution in [0.2, 0.25) is 0 Å². The van der Waals surface area contributed by atoms with Crippen molar-refractivity contribution < 1.29 is 0 Å². The maximum atomic E-state index is 11.4. The molecule has 1 fully saturated rings. The van der Waals surface area contributed by atoms with Crippen molar-refractivity contribution in [2.24, 2.45) is 0 Å². The minimum Gasteiger partial charge on any atom is -0.353 e. The van der Waals surface area contributed by atoms with E-state index < -0.39 is 0 Å². The third-order valence-electron chi connectivity index (χ3n) is 3.97. The smallest absolute Gasteiger partial charge is 0.252 e. The van der Waals surface area contributed by atoms with E-state index in [1.54, 1.807) is 6.07 Å². The summed E-state index contributed by atoms with van der Waals surface area (Å²) in [5.41, 5.74) is 0.878. The predicted molar refractivity (Wildman–Crippen MR) is 90.1 cm³/mol. The second kappa shape index (κ2) is 6.36. The lowest BCUT2D eigenvalue weighted by Gasteiger charge is -2.36. The van der Waals surface area contributed by atoms with Gasteiger partial charge in [0.15, 0.2) is 0 Å². The van der Waals surface area contributed by atoms with Gasteiger partial charge in [-0.1, -0.05) is 13.8 Å². The molecule has 23 heavy (non-hydrogen) atoms. The number of aromatic amines is 1. The van der Waals surface area contributed by atoms with Gasteiger partial charge in [-0.25, -0.2) is 15.0 Å². The monoisotopic (exact) mass is 314 g/mol. The van der Waals surface area contributed by atoms with Crippen LogP contribution in [0.1, 0.15) is 31.3 Å². The van der Waals surface area contributed by atoms with Crippen LogP contribution < -0.4 is 15.4 Å². The Balaban J connectivity index is 1.73. The summed E-state index contributed by atoms with van der Waals surface area (Å²) in [4.78, 5) is 31.8. The summed E-state index contributed by atoms with van der Waals surface area (Å²) in [7, 11) is 0. The Hall–Kier alpha value is -2.44. The Bertz CT molecular complexity index is 733. The second-order valence-corrected chi connectivity index (χ2v) is 6.12. The molecular weight excluding hydrogens is 292 g/mol. The van der Waals surface area contributed by atoms with Crippen LogP contribution in [-0.4, -0.2) is 46.1 Å². The fourth-order valence-corrected chi connectivity index (χ4v) is 2.69. The highest BCUT2D eigenvalue weighted by atomic mass is 16.1. The maximum absolute atomic E-state index is 11.4. The number of rotatable bonds is 3. The number of piperazine rings is 1. The predicted octanol–water partition coefficient (Wildman–Crippen LogP) is 1.32. The van der Waals surface area contributed by atoms with E-state index in [0.717, 1.165) is 49.3 Å². The maximum Gasteiger partial charge on any atom is 0.252 e. The molecule has 1 aliphatic heterocycles. The first-order chi connectivity index (χ1) is 11.0. The first kappa shape index (κ1) is 15.5.